The van der Waals surface area contributed by atoms with E-state index in [4.69, 9.17) is 0 Å². The van der Waals surface area contributed by atoms with E-state index in [-0.39, 0.29) is 11.8 Å². The summed E-state index contributed by atoms with van der Waals surface area (Å²) in [6.07, 6.45) is 4.85. The minimum Gasteiger partial charge on any atom is -0.310 e. The Morgan fingerprint density at radius 1 is 1.47 bits per heavy atom. The molecule has 0 saturated heterocycles. The first-order valence-corrected chi connectivity index (χ1v) is 7.68. The second kappa shape index (κ2) is 4.42. The average molecular weight is 233 g/mol. The quantitative estimate of drug-likeness (QED) is 0.802. The molecule has 0 aromatic heterocycles. The Bertz CT molecular complexity index is 309. The van der Waals surface area contributed by atoms with Crippen LogP contribution in [0.3, 0.4) is 0 Å². The summed E-state index contributed by atoms with van der Waals surface area (Å²) in [5, 5.41) is 3.41. The Morgan fingerprint density at radius 2 is 2.07 bits per heavy atom. The van der Waals surface area contributed by atoms with Crippen LogP contribution >= 0.6 is 0 Å². The third-order valence-electron chi connectivity index (χ3n) is 3.04. The van der Waals surface area contributed by atoms with Crippen LogP contribution in [0.15, 0.2) is 0 Å². The Kier molecular flexibility index (Phi) is 3.82. The van der Waals surface area contributed by atoms with Gasteiger partial charge in [0.15, 0.2) is 0 Å². The largest absolute Gasteiger partial charge is 0.310 e. The summed E-state index contributed by atoms with van der Waals surface area (Å²) in [6, 6.07) is 0.565. The van der Waals surface area contributed by atoms with Crippen molar-refractivity contribution >= 4 is 9.84 Å². The molecule has 4 heteroatoms. The molecule has 15 heavy (non-hydrogen) atoms. The first-order valence-electron chi connectivity index (χ1n) is 5.62. The van der Waals surface area contributed by atoms with E-state index in [2.05, 4.69) is 19.2 Å². The molecule has 0 aromatic carbocycles. The van der Waals surface area contributed by atoms with E-state index in [1.54, 1.807) is 0 Å². The van der Waals surface area contributed by atoms with Crippen molar-refractivity contribution in [1.82, 2.24) is 5.32 Å². The van der Waals surface area contributed by atoms with Gasteiger partial charge in [-0.25, -0.2) is 8.42 Å². The van der Waals surface area contributed by atoms with Gasteiger partial charge >= 0.3 is 0 Å². The molecule has 1 N–H and O–H groups in total. The highest BCUT2D eigenvalue weighted by Crippen LogP contribution is 2.37. The van der Waals surface area contributed by atoms with Crippen molar-refractivity contribution in [1.29, 1.82) is 0 Å². The SMILES string of the molecule is CC(CS(C)(=O)=O)NC1CCC(C)(C)C1. The van der Waals surface area contributed by atoms with E-state index < -0.39 is 9.84 Å². The van der Waals surface area contributed by atoms with Gasteiger partial charge in [0.05, 0.1) is 5.75 Å². The number of hydrogen-bond donors (Lipinski definition) is 1. The summed E-state index contributed by atoms with van der Waals surface area (Å²) in [7, 11) is -2.86. The van der Waals surface area contributed by atoms with Crippen LogP contribution in [0.25, 0.3) is 0 Å². The fourth-order valence-electron chi connectivity index (χ4n) is 2.48. The third-order valence-corrected chi connectivity index (χ3v) is 4.15. The van der Waals surface area contributed by atoms with Gasteiger partial charge in [0, 0.05) is 18.3 Å². The first-order chi connectivity index (χ1) is 6.68. The number of hydrogen-bond acceptors (Lipinski definition) is 3. The standard InChI is InChI=1S/C11H23NO2S/c1-9(8-15(4,13)14)12-10-5-6-11(2,3)7-10/h9-10,12H,5-8H2,1-4H3. The van der Waals surface area contributed by atoms with Crippen LogP contribution in [0.4, 0.5) is 0 Å². The average Bonchev–Trinajstić information content (AvgIpc) is 2.25. The van der Waals surface area contributed by atoms with Gasteiger partial charge in [-0.2, -0.15) is 0 Å². The van der Waals surface area contributed by atoms with Gasteiger partial charge in [0.2, 0.25) is 0 Å². The van der Waals surface area contributed by atoms with Crippen molar-refractivity contribution < 1.29 is 8.42 Å². The lowest BCUT2D eigenvalue weighted by molar-refractivity contribution is 0.358. The maximum atomic E-state index is 11.1. The molecule has 0 aliphatic heterocycles. The van der Waals surface area contributed by atoms with Gasteiger partial charge in [-0.05, 0) is 31.6 Å². The van der Waals surface area contributed by atoms with Gasteiger partial charge in [-0.3, -0.25) is 0 Å². The molecule has 1 saturated carbocycles. The van der Waals surface area contributed by atoms with Crippen molar-refractivity contribution in [3.05, 3.63) is 0 Å². The molecule has 2 unspecified atom stereocenters. The molecule has 90 valence electrons. The van der Waals surface area contributed by atoms with Crippen molar-refractivity contribution in [2.45, 2.75) is 52.1 Å². The van der Waals surface area contributed by atoms with E-state index in [1.165, 1.54) is 19.1 Å². The molecule has 1 aliphatic rings. The molecule has 3 nitrogen and oxygen atoms in total. The molecular formula is C11H23NO2S. The van der Waals surface area contributed by atoms with Crippen LogP contribution in [0.1, 0.15) is 40.0 Å². The molecule has 1 fully saturated rings. The Hall–Kier alpha value is -0.0900. The van der Waals surface area contributed by atoms with Gasteiger partial charge in [0.1, 0.15) is 9.84 Å². The Morgan fingerprint density at radius 3 is 2.47 bits per heavy atom. The Labute approximate surface area is 93.6 Å². The van der Waals surface area contributed by atoms with Gasteiger partial charge in [0.25, 0.3) is 0 Å². The fourth-order valence-corrected chi connectivity index (χ4v) is 3.49. The lowest BCUT2D eigenvalue weighted by Gasteiger charge is -2.21. The molecular weight excluding hydrogens is 210 g/mol. The molecule has 0 aromatic rings. The van der Waals surface area contributed by atoms with Crippen molar-refractivity contribution in [3.63, 3.8) is 0 Å². The molecule has 0 amide bonds. The predicted octanol–water partition coefficient (Wildman–Crippen LogP) is 1.59. The minimum absolute atomic E-state index is 0.0684. The van der Waals surface area contributed by atoms with Crippen molar-refractivity contribution in [2.24, 2.45) is 5.41 Å². The summed E-state index contributed by atoms with van der Waals surface area (Å²) in [6.45, 7) is 6.50. The van der Waals surface area contributed by atoms with Crippen LogP contribution in [0.5, 0.6) is 0 Å². The molecule has 1 aliphatic carbocycles. The second-order valence-corrected chi connectivity index (χ2v) is 7.95. The first kappa shape index (κ1) is 13.0. The van der Waals surface area contributed by atoms with Crippen molar-refractivity contribution in [3.8, 4) is 0 Å². The van der Waals surface area contributed by atoms with E-state index in [0.29, 0.717) is 11.5 Å². The normalized spacial score (nSPS) is 27.9. The zero-order valence-electron chi connectivity index (χ0n) is 10.2. The molecule has 0 bridgehead atoms. The summed E-state index contributed by atoms with van der Waals surface area (Å²) in [5.74, 6) is 0.240. The maximum Gasteiger partial charge on any atom is 0.148 e. The third kappa shape index (κ3) is 4.98. The minimum atomic E-state index is -2.86. The monoisotopic (exact) mass is 233 g/mol. The zero-order valence-corrected chi connectivity index (χ0v) is 11.0. The van der Waals surface area contributed by atoms with Crippen LogP contribution in [-0.2, 0) is 9.84 Å². The smallest absolute Gasteiger partial charge is 0.148 e. The lowest BCUT2D eigenvalue weighted by Crippen LogP contribution is -2.39. The zero-order chi connectivity index (χ0) is 11.7. The topological polar surface area (TPSA) is 46.2 Å². The predicted molar refractivity (Wildman–Crippen MR) is 63.7 cm³/mol. The summed E-state index contributed by atoms with van der Waals surface area (Å²) < 4.78 is 22.2. The fraction of sp³-hybridized carbons (Fsp3) is 1.00. The van der Waals surface area contributed by atoms with E-state index in [0.717, 1.165) is 6.42 Å². The lowest BCUT2D eigenvalue weighted by atomic mass is 9.92. The van der Waals surface area contributed by atoms with Crippen LogP contribution in [0.2, 0.25) is 0 Å². The highest BCUT2D eigenvalue weighted by molar-refractivity contribution is 7.90. The van der Waals surface area contributed by atoms with Crippen LogP contribution in [0, 0.1) is 5.41 Å². The maximum absolute atomic E-state index is 11.1. The van der Waals surface area contributed by atoms with E-state index >= 15 is 0 Å². The van der Waals surface area contributed by atoms with E-state index in [1.807, 2.05) is 6.92 Å². The summed E-state index contributed by atoms with van der Waals surface area (Å²) in [5.41, 5.74) is 0.419. The molecule has 2 atom stereocenters. The number of rotatable bonds is 4. The number of sulfone groups is 1. The van der Waals surface area contributed by atoms with E-state index in [9.17, 15) is 8.42 Å². The molecule has 0 spiro atoms. The molecule has 1 rings (SSSR count). The van der Waals surface area contributed by atoms with Gasteiger partial charge in [-0.1, -0.05) is 13.8 Å². The highest BCUT2D eigenvalue weighted by Gasteiger charge is 2.31. The Balaban J connectivity index is 2.37. The van der Waals surface area contributed by atoms with Gasteiger partial charge < -0.3 is 5.32 Å². The summed E-state index contributed by atoms with van der Waals surface area (Å²) in [4.78, 5) is 0. The van der Waals surface area contributed by atoms with Gasteiger partial charge in [-0.15, -0.1) is 0 Å². The van der Waals surface area contributed by atoms with Crippen molar-refractivity contribution in [2.75, 3.05) is 12.0 Å². The second-order valence-electron chi connectivity index (χ2n) is 5.76. The van der Waals surface area contributed by atoms with Crippen LogP contribution in [-0.4, -0.2) is 32.5 Å². The molecule has 0 heterocycles. The summed E-state index contributed by atoms with van der Waals surface area (Å²) >= 11 is 0. The highest BCUT2D eigenvalue weighted by atomic mass is 32.2. The molecule has 0 radical (unpaired) electrons. The van der Waals surface area contributed by atoms with Crippen LogP contribution < -0.4 is 5.32 Å². The number of nitrogens with one attached hydrogen (secondary N) is 1.